The van der Waals surface area contributed by atoms with Gasteiger partial charge in [-0.05, 0) is 76.2 Å². The van der Waals surface area contributed by atoms with Crippen LogP contribution in [0.2, 0.25) is 10.0 Å². The highest BCUT2D eigenvalue weighted by atomic mass is 127. The monoisotopic (exact) mass is 614 g/mol. The molecule has 5 nitrogen and oxygen atoms in total. The second kappa shape index (κ2) is 8.54. The average molecular weight is 615 g/mol. The van der Waals surface area contributed by atoms with Crippen molar-refractivity contribution in [3.63, 3.8) is 0 Å². The second-order valence-corrected chi connectivity index (χ2v) is 11.2. The van der Waals surface area contributed by atoms with Crippen LogP contribution in [0, 0.1) is 3.57 Å². The molecular formula is C27H21Cl2IN4O. The van der Waals surface area contributed by atoms with Gasteiger partial charge in [0.2, 0.25) is 0 Å². The molecule has 3 heterocycles. The lowest BCUT2D eigenvalue weighted by molar-refractivity contribution is 0.214. The van der Waals surface area contributed by atoms with Crippen molar-refractivity contribution in [3.05, 3.63) is 103 Å². The van der Waals surface area contributed by atoms with E-state index in [2.05, 4.69) is 39.6 Å². The average Bonchev–Trinajstić information content (AvgIpc) is 3.19. The van der Waals surface area contributed by atoms with Gasteiger partial charge in [-0.2, -0.15) is 5.10 Å². The molecule has 1 fully saturated rings. The summed E-state index contributed by atoms with van der Waals surface area (Å²) in [6, 6.07) is 19.3. The van der Waals surface area contributed by atoms with Crippen molar-refractivity contribution in [1.82, 2.24) is 9.91 Å². The number of fused-ring (bicyclic) bond motifs is 3. The minimum Gasteiger partial charge on any atom is -0.508 e. The topological polar surface area (TPSA) is 51.4 Å². The minimum atomic E-state index is -0.605. The Balaban J connectivity index is 1.68. The molecule has 0 saturated carbocycles. The van der Waals surface area contributed by atoms with E-state index in [9.17, 15) is 5.11 Å². The molecule has 3 aliphatic rings. The normalized spacial score (nSPS) is 24.5. The van der Waals surface area contributed by atoms with Crippen molar-refractivity contribution in [2.24, 2.45) is 10.1 Å². The summed E-state index contributed by atoms with van der Waals surface area (Å²) in [5.74, 6) is 1.12. The fraction of sp³-hybridized carbons (Fsp3) is 0.185. The van der Waals surface area contributed by atoms with E-state index in [4.69, 9.17) is 33.3 Å². The first-order valence-corrected chi connectivity index (χ1v) is 13.1. The number of halogens is 3. The number of piperidine rings is 1. The lowest BCUT2D eigenvalue weighted by Gasteiger charge is -2.53. The number of phenolic OH excluding ortho intramolecular Hbond substituents is 1. The predicted octanol–water partition coefficient (Wildman–Crippen LogP) is 7.22. The molecule has 176 valence electrons. The first-order chi connectivity index (χ1) is 16.9. The third-order valence-corrected chi connectivity index (χ3v) is 8.23. The van der Waals surface area contributed by atoms with E-state index in [1.807, 2.05) is 73.1 Å². The number of amidine groups is 1. The lowest BCUT2D eigenvalue weighted by atomic mass is 9.59. The number of rotatable bonds is 2. The second-order valence-electron chi connectivity index (χ2n) is 9.07. The van der Waals surface area contributed by atoms with Crippen LogP contribution in [0.15, 0.2) is 83.2 Å². The van der Waals surface area contributed by atoms with Gasteiger partial charge in [-0.25, -0.2) is 0 Å². The van der Waals surface area contributed by atoms with Crippen LogP contribution in [0.25, 0.3) is 0 Å². The molecule has 3 aliphatic heterocycles. The number of hydrogen-bond donors (Lipinski definition) is 1. The van der Waals surface area contributed by atoms with Crippen LogP contribution >= 0.6 is 45.8 Å². The van der Waals surface area contributed by atoms with Gasteiger partial charge in [0.05, 0.1) is 17.1 Å². The van der Waals surface area contributed by atoms with Gasteiger partial charge in [-0.1, -0.05) is 41.4 Å². The quantitative estimate of drug-likeness (QED) is 0.310. The van der Waals surface area contributed by atoms with E-state index in [1.165, 1.54) is 0 Å². The molecule has 3 aromatic rings. The molecule has 3 aromatic carbocycles. The first kappa shape index (κ1) is 22.9. The smallest absolute Gasteiger partial charge is 0.130 e. The highest BCUT2D eigenvalue weighted by molar-refractivity contribution is 14.1. The zero-order valence-corrected chi connectivity index (χ0v) is 22.4. The van der Waals surface area contributed by atoms with Crippen LogP contribution in [0.3, 0.4) is 0 Å². The molecule has 0 aliphatic carbocycles. The van der Waals surface area contributed by atoms with Crippen LogP contribution in [0.5, 0.6) is 5.75 Å². The summed E-state index contributed by atoms with van der Waals surface area (Å²) < 4.78 is 1.04. The summed E-state index contributed by atoms with van der Waals surface area (Å²) >= 11 is 15.2. The number of aromatic hydroxyl groups is 1. The highest BCUT2D eigenvalue weighted by Gasteiger charge is 2.57. The maximum Gasteiger partial charge on any atom is 0.130 e. The van der Waals surface area contributed by atoms with Crippen molar-refractivity contribution < 1.29 is 5.11 Å². The molecule has 1 saturated heterocycles. The number of phenols is 1. The molecular weight excluding hydrogens is 594 g/mol. The van der Waals surface area contributed by atoms with Gasteiger partial charge in [-0.3, -0.25) is 10.0 Å². The Labute approximate surface area is 227 Å². The molecule has 1 spiro atoms. The van der Waals surface area contributed by atoms with Gasteiger partial charge < -0.3 is 10.0 Å². The largest absolute Gasteiger partial charge is 0.508 e. The van der Waals surface area contributed by atoms with Crippen LogP contribution in [-0.4, -0.2) is 34.1 Å². The number of hydrogen-bond acceptors (Lipinski definition) is 5. The van der Waals surface area contributed by atoms with Crippen LogP contribution in [0.4, 0.5) is 5.69 Å². The maximum absolute atomic E-state index is 11.2. The predicted molar refractivity (Wildman–Crippen MR) is 150 cm³/mol. The number of nitrogens with zero attached hydrogens (tertiary/aromatic N) is 4. The minimum absolute atomic E-state index is 0.0375. The SMILES string of the molecule is CN1C=CN2C(=N1)CC(c1cccc(Cl)c1)C1(C=Nc3cc(Cl)ccc31)C2c1cc(I)ccc1O. The molecule has 6 rings (SSSR count). The van der Waals surface area contributed by atoms with Gasteiger partial charge in [0.1, 0.15) is 11.6 Å². The van der Waals surface area contributed by atoms with Crippen molar-refractivity contribution in [2.75, 3.05) is 7.05 Å². The molecule has 3 atom stereocenters. The molecule has 0 bridgehead atoms. The van der Waals surface area contributed by atoms with Crippen molar-refractivity contribution in [2.45, 2.75) is 23.8 Å². The summed E-state index contributed by atoms with van der Waals surface area (Å²) in [7, 11) is 1.92. The Kier molecular flexibility index (Phi) is 5.58. The maximum atomic E-state index is 11.2. The number of hydrazone groups is 1. The van der Waals surface area contributed by atoms with Crippen LogP contribution < -0.4 is 0 Å². The van der Waals surface area contributed by atoms with Gasteiger partial charge >= 0.3 is 0 Å². The van der Waals surface area contributed by atoms with E-state index in [0.29, 0.717) is 16.5 Å². The van der Waals surface area contributed by atoms with E-state index < -0.39 is 5.41 Å². The van der Waals surface area contributed by atoms with Gasteiger partial charge in [0.25, 0.3) is 0 Å². The summed E-state index contributed by atoms with van der Waals surface area (Å²) in [6.45, 7) is 0. The lowest BCUT2D eigenvalue weighted by Crippen LogP contribution is -2.54. The third-order valence-electron chi connectivity index (χ3n) is 7.09. The molecule has 0 amide bonds. The molecule has 8 heteroatoms. The number of benzene rings is 3. The standard InChI is InChI=1S/C27H21Cl2IN4O/c1-33-9-10-34-25(32-33)14-22(16-3-2-4-17(28)11-16)27(15-31-23-12-18(29)5-7-21(23)27)26(34)20-13-19(30)6-8-24(20)35/h2-13,15,22,26,35H,14H2,1H3. The van der Waals surface area contributed by atoms with Crippen molar-refractivity contribution in [3.8, 4) is 5.75 Å². The Bertz CT molecular complexity index is 1440. The fourth-order valence-electron chi connectivity index (χ4n) is 5.66. The Hall–Kier alpha value is -2.55. The third kappa shape index (κ3) is 3.65. The van der Waals surface area contributed by atoms with Crippen molar-refractivity contribution in [1.29, 1.82) is 0 Å². The Morgan fingerprint density at radius 2 is 1.86 bits per heavy atom. The molecule has 1 N–H and O–H groups in total. The molecule has 3 unspecified atom stereocenters. The van der Waals surface area contributed by atoms with Crippen LogP contribution in [0.1, 0.15) is 35.1 Å². The molecule has 35 heavy (non-hydrogen) atoms. The summed E-state index contributed by atoms with van der Waals surface area (Å²) in [5, 5.41) is 19.2. The summed E-state index contributed by atoms with van der Waals surface area (Å²) in [6.07, 6.45) is 6.70. The Morgan fingerprint density at radius 3 is 2.69 bits per heavy atom. The zero-order valence-electron chi connectivity index (χ0n) is 18.7. The molecule has 0 aromatic heterocycles. The van der Waals surface area contributed by atoms with Gasteiger partial charge in [-0.15, -0.1) is 0 Å². The van der Waals surface area contributed by atoms with Gasteiger partial charge in [0, 0.05) is 57.2 Å². The highest BCUT2D eigenvalue weighted by Crippen LogP contribution is 2.60. The van der Waals surface area contributed by atoms with E-state index in [0.717, 1.165) is 31.8 Å². The Morgan fingerprint density at radius 1 is 1.03 bits per heavy atom. The number of aliphatic imine (C=N–C) groups is 1. The fourth-order valence-corrected chi connectivity index (χ4v) is 6.54. The van der Waals surface area contributed by atoms with E-state index >= 15 is 0 Å². The summed E-state index contributed by atoms with van der Waals surface area (Å²) in [5.41, 5.74) is 3.23. The summed E-state index contributed by atoms with van der Waals surface area (Å²) in [4.78, 5) is 7.07. The van der Waals surface area contributed by atoms with Crippen molar-refractivity contribution >= 4 is 63.5 Å². The molecule has 0 radical (unpaired) electrons. The van der Waals surface area contributed by atoms with Gasteiger partial charge in [0.15, 0.2) is 0 Å². The van der Waals surface area contributed by atoms with E-state index in [-0.39, 0.29) is 17.7 Å². The zero-order chi connectivity index (χ0) is 24.3. The first-order valence-electron chi connectivity index (χ1n) is 11.2. The van der Waals surface area contributed by atoms with E-state index in [1.54, 1.807) is 6.07 Å². The van der Waals surface area contributed by atoms with Crippen LogP contribution in [-0.2, 0) is 5.41 Å².